The van der Waals surface area contributed by atoms with Crippen LogP contribution >= 0.6 is 15.9 Å². The van der Waals surface area contributed by atoms with Gasteiger partial charge < -0.3 is 5.32 Å². The summed E-state index contributed by atoms with van der Waals surface area (Å²) in [7, 11) is -0.257. The molecule has 0 amide bonds. The second-order valence-electron chi connectivity index (χ2n) is 4.96. The number of nitriles is 1. The van der Waals surface area contributed by atoms with Crippen LogP contribution in [0.4, 0.5) is 15.9 Å². The Bertz CT molecular complexity index is 887. The molecular formula is C13H11BrFN7O2S. The Labute approximate surface area is 152 Å². The molecule has 0 atom stereocenters. The number of anilines is 1. The first-order valence-corrected chi connectivity index (χ1v) is 9.22. The minimum absolute atomic E-state index is 0.0118. The molecule has 0 unspecified atom stereocenters. The summed E-state index contributed by atoms with van der Waals surface area (Å²) >= 11 is 3.07. The van der Waals surface area contributed by atoms with E-state index in [1.165, 1.54) is 18.2 Å². The summed E-state index contributed by atoms with van der Waals surface area (Å²) in [6, 6.07) is 4.21. The van der Waals surface area contributed by atoms with Crippen LogP contribution in [-0.2, 0) is 10.7 Å². The van der Waals surface area contributed by atoms with Crippen LogP contribution in [0, 0.1) is 17.3 Å². The van der Waals surface area contributed by atoms with Crippen molar-refractivity contribution in [3.05, 3.63) is 34.2 Å². The van der Waals surface area contributed by atoms with Crippen LogP contribution in [-0.4, -0.2) is 38.9 Å². The number of hydrogen-bond donors (Lipinski definition) is 3. The molecule has 1 saturated heterocycles. The maximum absolute atomic E-state index is 13.3. The number of amidine groups is 1. The second-order valence-corrected chi connectivity index (χ2v) is 7.59. The maximum atomic E-state index is 13.3. The van der Waals surface area contributed by atoms with E-state index in [4.69, 9.17) is 9.89 Å². The van der Waals surface area contributed by atoms with Gasteiger partial charge in [-0.05, 0) is 44.4 Å². The van der Waals surface area contributed by atoms with Crippen molar-refractivity contribution in [3.8, 4) is 6.19 Å². The highest BCUT2D eigenvalue weighted by Crippen LogP contribution is 2.24. The predicted molar refractivity (Wildman–Crippen MR) is 92.1 cm³/mol. The summed E-state index contributed by atoms with van der Waals surface area (Å²) in [5, 5.41) is 28.5. The Balaban J connectivity index is 1.79. The van der Waals surface area contributed by atoms with Crippen molar-refractivity contribution in [2.75, 3.05) is 16.8 Å². The zero-order valence-electron chi connectivity index (χ0n) is 12.5. The monoisotopic (exact) mass is 427 g/mol. The first kappa shape index (κ1) is 17.5. The van der Waals surface area contributed by atoms with Gasteiger partial charge in [-0.1, -0.05) is 10.7 Å². The number of benzene rings is 1. The van der Waals surface area contributed by atoms with E-state index in [1.54, 1.807) is 6.19 Å². The molecule has 25 heavy (non-hydrogen) atoms. The van der Waals surface area contributed by atoms with Crippen molar-refractivity contribution in [1.82, 2.24) is 15.8 Å². The molecule has 2 heterocycles. The van der Waals surface area contributed by atoms with Gasteiger partial charge in [-0.25, -0.2) is 14.0 Å². The summed E-state index contributed by atoms with van der Waals surface area (Å²) in [5.74, 6) is 1.29. The Morgan fingerprint density at radius 3 is 2.96 bits per heavy atom. The second kappa shape index (κ2) is 7.68. The molecule has 130 valence electrons. The topological polar surface area (TPSA) is 132 Å². The predicted octanol–water partition coefficient (Wildman–Crippen LogP) is 2.11. The third kappa shape index (κ3) is 4.01. The smallest absolute Gasteiger partial charge is 0.212 e. The highest BCUT2D eigenvalue weighted by atomic mass is 79.9. The van der Waals surface area contributed by atoms with Gasteiger partial charge in [0.25, 0.3) is 0 Å². The highest BCUT2D eigenvalue weighted by molar-refractivity contribution is 9.10. The standard InChI is InChI=1S/C13H11BrFN7O2S/c14-9-3-7(1-2-10(9)15)18-12(20-23)11-13(22-24-21-11)19-8-4-25(5-8)17-6-16/h1-3,8,23H,4-5H2,(H,18,20)(H,19,22). The van der Waals surface area contributed by atoms with E-state index in [0.29, 0.717) is 23.0 Å². The van der Waals surface area contributed by atoms with E-state index < -0.39 is 5.82 Å². The number of rotatable bonds is 4. The van der Waals surface area contributed by atoms with E-state index >= 15 is 0 Å². The summed E-state index contributed by atoms with van der Waals surface area (Å²) in [6.07, 6.45) is 1.79. The SMILES string of the molecule is N#CN=S1CC(Nc2nonc2C(=Nc2ccc(F)c(Br)c2)NO)C1. The van der Waals surface area contributed by atoms with Crippen molar-refractivity contribution in [2.24, 2.45) is 9.36 Å². The van der Waals surface area contributed by atoms with Gasteiger partial charge in [0.15, 0.2) is 11.5 Å². The summed E-state index contributed by atoms with van der Waals surface area (Å²) in [6.45, 7) is 0. The number of nitrogens with zero attached hydrogens (tertiary/aromatic N) is 5. The van der Waals surface area contributed by atoms with Crippen LogP contribution in [0.2, 0.25) is 0 Å². The van der Waals surface area contributed by atoms with Crippen LogP contribution in [0.5, 0.6) is 0 Å². The molecule has 3 rings (SSSR count). The van der Waals surface area contributed by atoms with Gasteiger partial charge in [-0.2, -0.15) is 9.62 Å². The quantitative estimate of drug-likeness (QED) is 0.294. The molecule has 1 aromatic carbocycles. The molecule has 9 nitrogen and oxygen atoms in total. The third-order valence-electron chi connectivity index (χ3n) is 3.26. The van der Waals surface area contributed by atoms with Crippen LogP contribution in [0.15, 0.2) is 36.7 Å². The molecule has 1 aliphatic heterocycles. The van der Waals surface area contributed by atoms with Crippen LogP contribution in [0.3, 0.4) is 0 Å². The fourth-order valence-electron chi connectivity index (χ4n) is 2.08. The van der Waals surface area contributed by atoms with Crippen LogP contribution in [0.1, 0.15) is 5.69 Å². The lowest BCUT2D eigenvalue weighted by molar-refractivity contribution is 0.234. The molecule has 0 aliphatic carbocycles. The fourth-order valence-corrected chi connectivity index (χ4v) is 3.71. The Hall–Kier alpha value is -2.36. The number of halogens is 2. The summed E-state index contributed by atoms with van der Waals surface area (Å²) < 4.78 is 22.0. The molecule has 0 saturated carbocycles. The largest absolute Gasteiger partial charge is 0.361 e. The van der Waals surface area contributed by atoms with Crippen molar-refractivity contribution < 1.29 is 14.2 Å². The molecule has 1 aliphatic rings. The lowest BCUT2D eigenvalue weighted by Crippen LogP contribution is -2.43. The van der Waals surface area contributed by atoms with Gasteiger partial charge in [-0.3, -0.25) is 10.7 Å². The molecular weight excluding hydrogens is 417 g/mol. The van der Waals surface area contributed by atoms with Crippen LogP contribution in [0.25, 0.3) is 0 Å². The molecule has 2 aromatic rings. The van der Waals surface area contributed by atoms with E-state index in [9.17, 15) is 9.60 Å². The van der Waals surface area contributed by atoms with Crippen LogP contribution < -0.4 is 10.8 Å². The van der Waals surface area contributed by atoms with Gasteiger partial charge in [-0.15, -0.1) is 0 Å². The molecule has 1 fully saturated rings. The maximum Gasteiger partial charge on any atom is 0.212 e. The van der Waals surface area contributed by atoms with E-state index in [0.717, 1.165) is 0 Å². The molecule has 3 N–H and O–H groups in total. The lowest BCUT2D eigenvalue weighted by atomic mass is 10.3. The fraction of sp³-hybridized carbons (Fsp3) is 0.231. The van der Waals surface area contributed by atoms with Crippen molar-refractivity contribution >= 4 is 44.0 Å². The van der Waals surface area contributed by atoms with E-state index in [1.807, 2.05) is 5.48 Å². The molecule has 0 radical (unpaired) electrons. The first-order valence-electron chi connectivity index (χ1n) is 6.91. The number of aliphatic imine (C=N–C) groups is 1. The van der Waals surface area contributed by atoms with Gasteiger partial charge in [0.2, 0.25) is 12.0 Å². The first-order chi connectivity index (χ1) is 12.1. The minimum Gasteiger partial charge on any atom is -0.361 e. The zero-order chi connectivity index (χ0) is 17.8. The number of aromatic nitrogens is 2. The number of hydrogen-bond acceptors (Lipinski definition) is 8. The van der Waals surface area contributed by atoms with E-state index in [2.05, 4.69) is 40.9 Å². The number of nitrogens with one attached hydrogen (secondary N) is 2. The average molecular weight is 428 g/mol. The average Bonchev–Trinajstić information content (AvgIpc) is 3.02. The van der Waals surface area contributed by atoms with Crippen molar-refractivity contribution in [2.45, 2.75) is 6.04 Å². The number of hydroxylamine groups is 1. The normalized spacial score (nSPS) is 19.7. The molecule has 1 aromatic heterocycles. The van der Waals surface area contributed by atoms with Gasteiger partial charge in [0, 0.05) is 17.5 Å². The zero-order valence-corrected chi connectivity index (χ0v) is 14.9. The minimum atomic E-state index is -0.425. The molecule has 0 bridgehead atoms. The van der Waals surface area contributed by atoms with Crippen molar-refractivity contribution in [3.63, 3.8) is 0 Å². The summed E-state index contributed by atoms with van der Waals surface area (Å²) in [4.78, 5) is 4.17. The molecule has 12 heteroatoms. The lowest BCUT2D eigenvalue weighted by Gasteiger charge is -2.28. The van der Waals surface area contributed by atoms with Crippen molar-refractivity contribution in [1.29, 1.82) is 5.26 Å². The Kier molecular flexibility index (Phi) is 5.37. The Morgan fingerprint density at radius 2 is 2.28 bits per heavy atom. The highest BCUT2D eigenvalue weighted by Gasteiger charge is 2.27. The third-order valence-corrected chi connectivity index (χ3v) is 5.78. The Morgan fingerprint density at radius 1 is 1.48 bits per heavy atom. The van der Waals surface area contributed by atoms with E-state index in [-0.39, 0.29) is 32.7 Å². The molecule has 0 spiro atoms. The van der Waals surface area contributed by atoms with Gasteiger partial charge >= 0.3 is 0 Å². The van der Waals surface area contributed by atoms with Gasteiger partial charge in [0.1, 0.15) is 5.82 Å². The van der Waals surface area contributed by atoms with Gasteiger partial charge in [0.05, 0.1) is 10.2 Å². The summed E-state index contributed by atoms with van der Waals surface area (Å²) in [5.41, 5.74) is 2.50.